The molecule has 1 aromatic carbocycles. The van der Waals surface area contributed by atoms with Crippen LogP contribution in [0.3, 0.4) is 0 Å². The molecule has 6 heteroatoms. The summed E-state index contributed by atoms with van der Waals surface area (Å²) >= 11 is 0. The van der Waals surface area contributed by atoms with E-state index in [-0.39, 0.29) is 10.6 Å². The van der Waals surface area contributed by atoms with Crippen LogP contribution in [0.15, 0.2) is 47.6 Å². The van der Waals surface area contributed by atoms with Crippen LogP contribution in [-0.2, 0) is 16.4 Å². The molecule has 0 saturated heterocycles. The number of anilines is 2. The van der Waals surface area contributed by atoms with Gasteiger partial charge in [-0.1, -0.05) is 6.07 Å². The molecule has 0 amide bonds. The predicted molar refractivity (Wildman–Crippen MR) is 80.3 cm³/mol. The first-order valence-corrected chi connectivity index (χ1v) is 7.97. The van der Waals surface area contributed by atoms with E-state index >= 15 is 0 Å². The highest BCUT2D eigenvalue weighted by atomic mass is 32.2. The van der Waals surface area contributed by atoms with Crippen molar-refractivity contribution in [1.82, 2.24) is 4.98 Å². The molecule has 0 spiro atoms. The lowest BCUT2D eigenvalue weighted by Crippen LogP contribution is -2.19. The Balaban J connectivity index is 2.34. The summed E-state index contributed by atoms with van der Waals surface area (Å²) in [5.74, 6) is 0. The van der Waals surface area contributed by atoms with Crippen molar-refractivity contribution in [3.05, 3.63) is 48.3 Å². The Kier molecular flexibility index (Phi) is 3.94. The first-order chi connectivity index (χ1) is 9.39. The first-order valence-electron chi connectivity index (χ1n) is 6.08. The molecule has 0 unspecified atom stereocenters. The van der Waals surface area contributed by atoms with E-state index in [0.29, 0.717) is 12.2 Å². The summed E-state index contributed by atoms with van der Waals surface area (Å²) < 4.78 is 23.4. The van der Waals surface area contributed by atoms with Gasteiger partial charge in [-0.3, -0.25) is 4.98 Å². The van der Waals surface area contributed by atoms with E-state index in [2.05, 4.69) is 4.98 Å². The molecule has 0 aliphatic carbocycles. The maximum atomic E-state index is 11.7. The van der Waals surface area contributed by atoms with E-state index < -0.39 is 9.84 Å². The smallest absolute Gasteiger partial charge is 0.177 e. The maximum Gasteiger partial charge on any atom is 0.177 e. The predicted octanol–water partition coefficient (Wildman–Crippen LogP) is 1.70. The molecule has 1 heterocycles. The largest absolute Gasteiger partial charge is 0.396 e. The average Bonchev–Trinajstić information content (AvgIpc) is 2.38. The number of hydrogen-bond acceptors (Lipinski definition) is 5. The number of nitrogen functional groups attached to an aromatic ring is 1. The van der Waals surface area contributed by atoms with Crippen LogP contribution < -0.4 is 10.6 Å². The summed E-state index contributed by atoms with van der Waals surface area (Å²) in [5, 5.41) is 0. The zero-order valence-electron chi connectivity index (χ0n) is 11.4. The number of nitrogens with two attached hydrogens (primary N) is 1. The van der Waals surface area contributed by atoms with Gasteiger partial charge in [-0.2, -0.15) is 0 Å². The molecule has 0 radical (unpaired) electrons. The average molecular weight is 291 g/mol. The Morgan fingerprint density at radius 3 is 2.45 bits per heavy atom. The Morgan fingerprint density at radius 1 is 1.20 bits per heavy atom. The molecule has 2 aromatic rings. The van der Waals surface area contributed by atoms with Crippen molar-refractivity contribution in [2.75, 3.05) is 23.9 Å². The van der Waals surface area contributed by atoms with Gasteiger partial charge < -0.3 is 10.6 Å². The molecule has 1 aromatic heterocycles. The Bertz CT molecular complexity index is 700. The van der Waals surface area contributed by atoms with Crippen molar-refractivity contribution >= 4 is 21.2 Å². The minimum Gasteiger partial charge on any atom is -0.396 e. The number of pyridine rings is 1. The molecule has 0 bridgehead atoms. The molecule has 0 atom stereocenters. The summed E-state index contributed by atoms with van der Waals surface area (Å²) in [4.78, 5) is 6.05. The monoisotopic (exact) mass is 291 g/mol. The third kappa shape index (κ3) is 3.08. The molecule has 106 valence electrons. The van der Waals surface area contributed by atoms with E-state index in [1.54, 1.807) is 18.5 Å². The number of hydrogen-bond donors (Lipinski definition) is 1. The highest BCUT2D eigenvalue weighted by Gasteiger charge is 2.16. The SMILES string of the molecule is CN(Cc1ccncc1)c1cccc(S(C)(=O)=O)c1N. The van der Waals surface area contributed by atoms with E-state index in [1.165, 1.54) is 6.07 Å². The summed E-state index contributed by atoms with van der Waals surface area (Å²) in [6.45, 7) is 0.625. The molecule has 2 N–H and O–H groups in total. The van der Waals surface area contributed by atoms with Crippen LogP contribution in [0.5, 0.6) is 0 Å². The summed E-state index contributed by atoms with van der Waals surface area (Å²) in [6.07, 6.45) is 4.60. The van der Waals surface area contributed by atoms with Crippen LogP contribution in [-0.4, -0.2) is 26.7 Å². The van der Waals surface area contributed by atoms with Crippen molar-refractivity contribution in [3.8, 4) is 0 Å². The molecule has 0 saturated carbocycles. The van der Waals surface area contributed by atoms with Gasteiger partial charge in [0.25, 0.3) is 0 Å². The number of aromatic nitrogens is 1. The van der Waals surface area contributed by atoms with Crippen LogP contribution in [0.4, 0.5) is 11.4 Å². The van der Waals surface area contributed by atoms with Gasteiger partial charge in [0.15, 0.2) is 9.84 Å². The fourth-order valence-corrected chi connectivity index (χ4v) is 2.87. The molecule has 0 fully saturated rings. The quantitative estimate of drug-likeness (QED) is 0.868. The van der Waals surface area contributed by atoms with Gasteiger partial charge in [0.2, 0.25) is 0 Å². The lowest BCUT2D eigenvalue weighted by atomic mass is 10.2. The highest BCUT2D eigenvalue weighted by Crippen LogP contribution is 2.29. The van der Waals surface area contributed by atoms with Crippen LogP contribution in [0.1, 0.15) is 5.56 Å². The van der Waals surface area contributed by atoms with Gasteiger partial charge in [0, 0.05) is 32.2 Å². The van der Waals surface area contributed by atoms with Crippen molar-refractivity contribution in [2.45, 2.75) is 11.4 Å². The van der Waals surface area contributed by atoms with Gasteiger partial charge >= 0.3 is 0 Å². The van der Waals surface area contributed by atoms with E-state index in [4.69, 9.17) is 5.73 Å². The molecule has 2 rings (SSSR count). The zero-order chi connectivity index (χ0) is 14.8. The van der Waals surface area contributed by atoms with E-state index in [0.717, 1.165) is 11.8 Å². The molecule has 0 aliphatic rings. The number of benzene rings is 1. The van der Waals surface area contributed by atoms with Crippen LogP contribution in [0, 0.1) is 0 Å². The second kappa shape index (κ2) is 5.50. The topological polar surface area (TPSA) is 76.3 Å². The summed E-state index contributed by atoms with van der Waals surface area (Å²) in [7, 11) is -1.45. The van der Waals surface area contributed by atoms with Gasteiger partial charge in [-0.25, -0.2) is 8.42 Å². The molecule has 0 aliphatic heterocycles. The van der Waals surface area contributed by atoms with Gasteiger partial charge in [-0.15, -0.1) is 0 Å². The van der Waals surface area contributed by atoms with Crippen LogP contribution in [0.2, 0.25) is 0 Å². The normalized spacial score (nSPS) is 11.3. The maximum absolute atomic E-state index is 11.7. The lowest BCUT2D eigenvalue weighted by molar-refractivity contribution is 0.602. The third-order valence-electron chi connectivity index (χ3n) is 3.02. The third-order valence-corrected chi connectivity index (χ3v) is 4.18. The number of nitrogens with zero attached hydrogens (tertiary/aromatic N) is 2. The number of sulfone groups is 1. The molecule has 5 nitrogen and oxygen atoms in total. The van der Waals surface area contributed by atoms with Gasteiger partial charge in [0.05, 0.1) is 16.3 Å². The standard InChI is InChI=1S/C14H17N3O2S/c1-17(10-11-6-8-16-9-7-11)12-4-3-5-13(14(12)15)20(2,18)19/h3-9H,10,15H2,1-2H3. The van der Waals surface area contributed by atoms with Crippen LogP contribution in [0.25, 0.3) is 0 Å². The van der Waals surface area contributed by atoms with Crippen molar-refractivity contribution < 1.29 is 8.42 Å². The highest BCUT2D eigenvalue weighted by molar-refractivity contribution is 7.90. The molecule has 20 heavy (non-hydrogen) atoms. The second-order valence-electron chi connectivity index (χ2n) is 4.67. The Hall–Kier alpha value is -2.08. The Morgan fingerprint density at radius 2 is 1.85 bits per heavy atom. The first kappa shape index (κ1) is 14.3. The zero-order valence-corrected chi connectivity index (χ0v) is 12.3. The summed E-state index contributed by atoms with van der Waals surface area (Å²) in [6, 6.07) is 8.85. The van der Waals surface area contributed by atoms with Crippen molar-refractivity contribution in [3.63, 3.8) is 0 Å². The molecular formula is C14H17N3O2S. The van der Waals surface area contributed by atoms with Crippen LogP contribution >= 0.6 is 0 Å². The summed E-state index contributed by atoms with van der Waals surface area (Å²) in [5.41, 5.74) is 8.05. The van der Waals surface area contributed by atoms with Gasteiger partial charge in [-0.05, 0) is 29.8 Å². The lowest BCUT2D eigenvalue weighted by Gasteiger charge is -2.22. The fraction of sp³-hybridized carbons (Fsp3) is 0.214. The van der Waals surface area contributed by atoms with E-state index in [1.807, 2.05) is 30.1 Å². The number of para-hydroxylation sites is 1. The van der Waals surface area contributed by atoms with E-state index in [9.17, 15) is 8.42 Å². The molecular weight excluding hydrogens is 274 g/mol. The second-order valence-corrected chi connectivity index (χ2v) is 6.66. The minimum absolute atomic E-state index is 0.163. The fourth-order valence-electron chi connectivity index (χ4n) is 2.04. The minimum atomic E-state index is -3.32. The Labute approximate surface area is 119 Å². The number of rotatable bonds is 4. The van der Waals surface area contributed by atoms with Crippen molar-refractivity contribution in [1.29, 1.82) is 0 Å². The van der Waals surface area contributed by atoms with Gasteiger partial charge in [0.1, 0.15) is 0 Å². The van der Waals surface area contributed by atoms with Crippen molar-refractivity contribution in [2.24, 2.45) is 0 Å².